The number of rotatable bonds is 3. The lowest BCUT2D eigenvalue weighted by molar-refractivity contribution is -0.110. The van der Waals surface area contributed by atoms with Crippen LogP contribution in [0, 0.1) is 13.8 Å². The summed E-state index contributed by atoms with van der Waals surface area (Å²) in [5.74, 6) is 0. The molecule has 0 aliphatic heterocycles. The number of amides is 1. The summed E-state index contributed by atoms with van der Waals surface area (Å²) >= 11 is 17.2. The first-order valence-corrected chi connectivity index (χ1v) is 5.29. The highest BCUT2D eigenvalue weighted by Gasteiger charge is 2.35. The van der Waals surface area contributed by atoms with Gasteiger partial charge in [0.2, 0.25) is 10.2 Å². The normalized spacial score (nSPS) is 13.7. The first-order chi connectivity index (χ1) is 6.86. The number of halogens is 3. The molecule has 0 spiro atoms. The summed E-state index contributed by atoms with van der Waals surface area (Å²) in [4.78, 5) is 10.4. The Morgan fingerprint density at radius 2 is 2.13 bits per heavy atom. The highest BCUT2D eigenvalue weighted by molar-refractivity contribution is 6.67. The molecule has 0 radical (unpaired) electrons. The summed E-state index contributed by atoms with van der Waals surface area (Å²) in [7, 11) is 0. The highest BCUT2D eigenvalue weighted by atomic mass is 35.6. The lowest BCUT2D eigenvalue weighted by Crippen LogP contribution is -2.37. The van der Waals surface area contributed by atoms with Crippen LogP contribution in [0.5, 0.6) is 0 Å². The van der Waals surface area contributed by atoms with Crippen molar-refractivity contribution in [1.82, 2.24) is 15.1 Å². The van der Waals surface area contributed by atoms with Crippen LogP contribution in [0.3, 0.4) is 0 Å². The van der Waals surface area contributed by atoms with Gasteiger partial charge in [0.25, 0.3) is 0 Å². The van der Waals surface area contributed by atoms with Crippen molar-refractivity contribution in [3.8, 4) is 0 Å². The van der Waals surface area contributed by atoms with Crippen LogP contribution in [0.4, 0.5) is 0 Å². The molecule has 4 nitrogen and oxygen atoms in total. The van der Waals surface area contributed by atoms with Crippen LogP contribution in [0.1, 0.15) is 17.6 Å². The van der Waals surface area contributed by atoms with Gasteiger partial charge in [-0.15, -0.1) is 0 Å². The lowest BCUT2D eigenvalue weighted by Gasteiger charge is -2.25. The van der Waals surface area contributed by atoms with Crippen molar-refractivity contribution in [2.75, 3.05) is 0 Å². The molecule has 84 valence electrons. The molecule has 0 aromatic carbocycles. The SMILES string of the molecule is Cc1cc(C)n(C(NC=O)C(Cl)(Cl)Cl)n1. The monoisotopic (exact) mass is 269 g/mol. The molecular weight excluding hydrogens is 260 g/mol. The van der Waals surface area contributed by atoms with Gasteiger partial charge < -0.3 is 5.32 Å². The van der Waals surface area contributed by atoms with E-state index in [9.17, 15) is 4.79 Å². The number of nitrogens with one attached hydrogen (secondary N) is 1. The fourth-order valence-electron chi connectivity index (χ4n) is 1.28. The van der Waals surface area contributed by atoms with E-state index in [1.165, 1.54) is 4.68 Å². The first-order valence-electron chi connectivity index (χ1n) is 4.15. The van der Waals surface area contributed by atoms with E-state index < -0.39 is 9.96 Å². The lowest BCUT2D eigenvalue weighted by atomic mass is 10.4. The van der Waals surface area contributed by atoms with Crippen molar-refractivity contribution in [2.45, 2.75) is 23.8 Å². The highest BCUT2D eigenvalue weighted by Crippen LogP contribution is 2.36. The molecule has 1 atom stereocenters. The zero-order valence-electron chi connectivity index (χ0n) is 8.17. The molecule has 1 N–H and O–H groups in total. The molecular formula is C8H10Cl3N3O. The minimum atomic E-state index is -1.65. The van der Waals surface area contributed by atoms with Crippen LogP contribution < -0.4 is 5.32 Å². The summed E-state index contributed by atoms with van der Waals surface area (Å²) in [6.07, 6.45) is -0.336. The largest absolute Gasteiger partial charge is 0.333 e. The summed E-state index contributed by atoms with van der Waals surface area (Å²) in [5.41, 5.74) is 1.60. The van der Waals surface area contributed by atoms with Crippen molar-refractivity contribution in [3.63, 3.8) is 0 Å². The van der Waals surface area contributed by atoms with Crippen molar-refractivity contribution in [3.05, 3.63) is 17.5 Å². The fraction of sp³-hybridized carbons (Fsp3) is 0.500. The van der Waals surface area contributed by atoms with Crippen LogP contribution in [-0.2, 0) is 4.79 Å². The molecule has 1 heterocycles. The maximum atomic E-state index is 10.4. The quantitative estimate of drug-likeness (QED) is 0.675. The summed E-state index contributed by atoms with van der Waals surface area (Å²) in [5, 5.41) is 6.55. The number of carbonyl (C=O) groups is 1. The van der Waals surface area contributed by atoms with Crippen molar-refractivity contribution < 1.29 is 4.79 Å². The molecule has 0 aliphatic rings. The van der Waals surface area contributed by atoms with Crippen LogP contribution in [0.25, 0.3) is 0 Å². The average Bonchev–Trinajstić information content (AvgIpc) is 2.39. The van der Waals surface area contributed by atoms with Crippen LogP contribution in [-0.4, -0.2) is 20.0 Å². The van der Waals surface area contributed by atoms with Gasteiger partial charge in [0.05, 0.1) is 5.69 Å². The second kappa shape index (κ2) is 4.60. The zero-order chi connectivity index (χ0) is 11.6. The molecule has 0 saturated carbocycles. The molecule has 0 bridgehead atoms. The Labute approximate surface area is 102 Å². The third kappa shape index (κ3) is 3.00. The predicted molar refractivity (Wildman–Crippen MR) is 60.2 cm³/mol. The number of aryl methyl sites for hydroxylation is 2. The van der Waals surface area contributed by atoms with E-state index in [0.29, 0.717) is 6.41 Å². The number of hydrogen-bond acceptors (Lipinski definition) is 2. The van der Waals surface area contributed by atoms with Crippen molar-refractivity contribution in [2.24, 2.45) is 0 Å². The molecule has 1 aromatic heterocycles. The molecule has 1 amide bonds. The second-order valence-electron chi connectivity index (χ2n) is 3.10. The van der Waals surface area contributed by atoms with Crippen LogP contribution >= 0.6 is 34.8 Å². The molecule has 7 heteroatoms. The third-order valence-corrected chi connectivity index (χ3v) is 2.45. The Morgan fingerprint density at radius 1 is 1.53 bits per heavy atom. The minimum absolute atomic E-state index is 0.475. The topological polar surface area (TPSA) is 46.9 Å². The van der Waals surface area contributed by atoms with Gasteiger partial charge in [-0.2, -0.15) is 5.10 Å². The van der Waals surface area contributed by atoms with Crippen LogP contribution in [0.15, 0.2) is 6.07 Å². The summed E-state index contributed by atoms with van der Waals surface area (Å²) < 4.78 is -0.180. The molecule has 1 rings (SSSR count). The third-order valence-electron chi connectivity index (χ3n) is 1.83. The Hall–Kier alpha value is -0.450. The van der Waals surface area contributed by atoms with Crippen molar-refractivity contribution in [1.29, 1.82) is 0 Å². The van der Waals surface area contributed by atoms with Gasteiger partial charge in [0, 0.05) is 5.69 Å². The van der Waals surface area contributed by atoms with Gasteiger partial charge in [-0.05, 0) is 19.9 Å². The fourth-order valence-corrected chi connectivity index (χ4v) is 1.74. The van der Waals surface area contributed by atoms with Gasteiger partial charge in [-0.3, -0.25) is 4.79 Å². The number of hydrogen-bond donors (Lipinski definition) is 1. The van der Waals surface area contributed by atoms with Gasteiger partial charge >= 0.3 is 0 Å². The Balaban J connectivity index is 3.09. The minimum Gasteiger partial charge on any atom is -0.333 e. The average molecular weight is 271 g/mol. The second-order valence-corrected chi connectivity index (χ2v) is 5.47. The molecule has 0 fully saturated rings. The number of nitrogens with zero attached hydrogens (tertiary/aromatic N) is 2. The molecule has 15 heavy (non-hydrogen) atoms. The molecule has 1 aromatic rings. The van der Waals surface area contributed by atoms with Gasteiger partial charge in [0.1, 0.15) is 0 Å². The summed E-state index contributed by atoms with van der Waals surface area (Å²) in [6, 6.07) is 1.83. The molecule has 0 saturated heterocycles. The maximum absolute atomic E-state index is 10.4. The Bertz CT molecular complexity index is 359. The van der Waals surface area contributed by atoms with E-state index in [1.54, 1.807) is 0 Å². The maximum Gasteiger partial charge on any atom is 0.230 e. The number of alkyl halides is 3. The first kappa shape index (κ1) is 12.6. The van der Waals surface area contributed by atoms with Gasteiger partial charge in [-0.25, -0.2) is 4.68 Å². The van der Waals surface area contributed by atoms with E-state index in [-0.39, 0.29) is 0 Å². The van der Waals surface area contributed by atoms with E-state index >= 15 is 0 Å². The number of aromatic nitrogens is 2. The Morgan fingerprint density at radius 3 is 2.47 bits per heavy atom. The predicted octanol–water partition coefficient (Wildman–Crippen LogP) is 2.11. The van der Waals surface area contributed by atoms with E-state index in [1.807, 2.05) is 19.9 Å². The zero-order valence-corrected chi connectivity index (χ0v) is 10.4. The smallest absolute Gasteiger partial charge is 0.230 e. The number of carbonyl (C=O) groups excluding carboxylic acids is 1. The van der Waals surface area contributed by atoms with Gasteiger partial charge in [-0.1, -0.05) is 34.8 Å². The van der Waals surface area contributed by atoms with E-state index in [0.717, 1.165) is 11.4 Å². The van der Waals surface area contributed by atoms with E-state index in [4.69, 9.17) is 34.8 Å². The van der Waals surface area contributed by atoms with Crippen molar-refractivity contribution >= 4 is 41.2 Å². The molecule has 1 unspecified atom stereocenters. The van der Waals surface area contributed by atoms with Gasteiger partial charge in [0.15, 0.2) is 6.17 Å². The molecule has 0 aliphatic carbocycles. The summed E-state index contributed by atoms with van der Waals surface area (Å²) in [6.45, 7) is 3.63. The standard InChI is InChI=1S/C8H10Cl3N3O/c1-5-3-6(2)14(13-5)7(12-4-15)8(9,10)11/h3-4,7H,1-2H3,(H,12,15). The van der Waals surface area contributed by atoms with E-state index in [2.05, 4.69) is 10.4 Å². The van der Waals surface area contributed by atoms with Crippen LogP contribution in [0.2, 0.25) is 0 Å². The Kier molecular flexibility index (Phi) is 3.87.